The lowest BCUT2D eigenvalue weighted by Crippen LogP contribution is -2.33. The first-order chi connectivity index (χ1) is 5.70. The third kappa shape index (κ3) is 3.03. The maximum atomic E-state index is 10.3. The van der Waals surface area contributed by atoms with E-state index in [1.54, 1.807) is 11.8 Å². The van der Waals surface area contributed by atoms with Crippen molar-refractivity contribution >= 4 is 17.7 Å². The number of rotatable bonds is 5. The van der Waals surface area contributed by atoms with Crippen LogP contribution < -0.4 is 5.73 Å². The number of hydrogen-bond acceptors (Lipinski definition) is 3. The van der Waals surface area contributed by atoms with Crippen LogP contribution >= 0.6 is 11.8 Å². The lowest BCUT2D eigenvalue weighted by atomic mass is 9.87. The van der Waals surface area contributed by atoms with E-state index in [4.69, 9.17) is 10.8 Å². The first-order valence-electron chi connectivity index (χ1n) is 4.26. The molecule has 0 aliphatic heterocycles. The molecule has 1 rings (SSSR count). The van der Waals surface area contributed by atoms with Gasteiger partial charge in [0, 0.05) is 5.75 Å². The molecule has 4 heteroatoms. The molecule has 1 saturated carbocycles. The zero-order valence-electron chi connectivity index (χ0n) is 7.03. The van der Waals surface area contributed by atoms with Crippen molar-refractivity contribution in [3.05, 3.63) is 0 Å². The van der Waals surface area contributed by atoms with Crippen LogP contribution in [-0.4, -0.2) is 28.6 Å². The largest absolute Gasteiger partial charge is 0.480 e. The van der Waals surface area contributed by atoms with Gasteiger partial charge in [-0.3, -0.25) is 4.79 Å². The van der Waals surface area contributed by atoms with Gasteiger partial charge >= 0.3 is 5.97 Å². The van der Waals surface area contributed by atoms with Crippen molar-refractivity contribution in [2.75, 3.05) is 11.5 Å². The summed E-state index contributed by atoms with van der Waals surface area (Å²) in [5.41, 5.74) is 5.34. The number of aliphatic carboxylic acids is 1. The van der Waals surface area contributed by atoms with Crippen molar-refractivity contribution in [1.82, 2.24) is 0 Å². The van der Waals surface area contributed by atoms with E-state index in [9.17, 15) is 4.79 Å². The number of carboxylic acids is 1. The Hall–Kier alpha value is -0.220. The smallest absolute Gasteiger partial charge is 0.321 e. The minimum absolute atomic E-state index is 0.547. The summed E-state index contributed by atoms with van der Waals surface area (Å²) >= 11 is 1.67. The molecule has 0 heterocycles. The number of hydrogen-bond donors (Lipinski definition) is 2. The number of thioether (sulfide) groups is 1. The Morgan fingerprint density at radius 1 is 1.67 bits per heavy atom. The van der Waals surface area contributed by atoms with Crippen molar-refractivity contribution in [2.24, 2.45) is 11.7 Å². The molecule has 0 saturated heterocycles. The van der Waals surface area contributed by atoms with Crippen LogP contribution in [0.4, 0.5) is 0 Å². The Balaban J connectivity index is 1.97. The standard InChI is InChI=1S/C8H15NO2S/c9-7(8(10)11)5-12-4-6-2-1-3-6/h6-7H,1-5,9H2,(H,10,11). The molecule has 1 atom stereocenters. The third-order valence-corrected chi connectivity index (χ3v) is 3.49. The fraction of sp³-hybridized carbons (Fsp3) is 0.875. The van der Waals surface area contributed by atoms with Gasteiger partial charge in [0.2, 0.25) is 0 Å². The van der Waals surface area contributed by atoms with Crippen LogP contribution in [0.1, 0.15) is 19.3 Å². The summed E-state index contributed by atoms with van der Waals surface area (Å²) in [5, 5.41) is 8.48. The highest BCUT2D eigenvalue weighted by Gasteiger charge is 2.18. The van der Waals surface area contributed by atoms with E-state index in [0.29, 0.717) is 5.75 Å². The van der Waals surface area contributed by atoms with Gasteiger partial charge < -0.3 is 10.8 Å². The summed E-state index contributed by atoms with van der Waals surface area (Å²) in [4.78, 5) is 10.3. The Labute approximate surface area is 76.7 Å². The van der Waals surface area contributed by atoms with Crippen LogP contribution in [0.15, 0.2) is 0 Å². The van der Waals surface area contributed by atoms with Gasteiger partial charge in [0.25, 0.3) is 0 Å². The summed E-state index contributed by atoms with van der Waals surface area (Å²) in [6.07, 6.45) is 3.97. The SMILES string of the molecule is NC(CSCC1CCC1)C(=O)O. The molecular formula is C8H15NO2S. The molecule has 1 aliphatic rings. The Kier molecular flexibility index (Phi) is 3.88. The van der Waals surface area contributed by atoms with Gasteiger partial charge in [-0.2, -0.15) is 11.8 Å². The number of carbonyl (C=O) groups is 1. The quantitative estimate of drug-likeness (QED) is 0.675. The number of carboxylic acid groups (broad SMARTS) is 1. The van der Waals surface area contributed by atoms with Crippen molar-refractivity contribution < 1.29 is 9.90 Å². The van der Waals surface area contributed by atoms with Crippen LogP contribution in [0.5, 0.6) is 0 Å². The van der Waals surface area contributed by atoms with Gasteiger partial charge in [0.05, 0.1) is 0 Å². The maximum Gasteiger partial charge on any atom is 0.321 e. The first-order valence-corrected chi connectivity index (χ1v) is 5.41. The van der Waals surface area contributed by atoms with Crippen LogP contribution in [0, 0.1) is 5.92 Å². The molecule has 0 aromatic rings. The molecule has 0 aromatic heterocycles. The summed E-state index contributed by atoms with van der Waals surface area (Å²) < 4.78 is 0. The van der Waals surface area contributed by atoms with Gasteiger partial charge in [0.1, 0.15) is 6.04 Å². The number of nitrogens with two attached hydrogens (primary N) is 1. The second-order valence-electron chi connectivity index (χ2n) is 3.28. The molecule has 3 nitrogen and oxygen atoms in total. The monoisotopic (exact) mass is 189 g/mol. The molecule has 0 aromatic carbocycles. The molecule has 0 amide bonds. The minimum atomic E-state index is -0.892. The molecule has 1 aliphatic carbocycles. The van der Waals surface area contributed by atoms with E-state index in [-0.39, 0.29) is 0 Å². The lowest BCUT2D eigenvalue weighted by Gasteiger charge is -2.24. The minimum Gasteiger partial charge on any atom is -0.480 e. The van der Waals surface area contributed by atoms with E-state index in [1.165, 1.54) is 19.3 Å². The topological polar surface area (TPSA) is 63.3 Å². The van der Waals surface area contributed by atoms with Gasteiger partial charge in [0.15, 0.2) is 0 Å². The first kappa shape index (κ1) is 9.86. The third-order valence-electron chi connectivity index (χ3n) is 2.19. The maximum absolute atomic E-state index is 10.3. The van der Waals surface area contributed by atoms with Crippen LogP contribution in [0.3, 0.4) is 0 Å². The van der Waals surface area contributed by atoms with Crippen molar-refractivity contribution in [3.63, 3.8) is 0 Å². The average molecular weight is 189 g/mol. The molecule has 1 unspecified atom stereocenters. The van der Waals surface area contributed by atoms with Crippen molar-refractivity contribution in [2.45, 2.75) is 25.3 Å². The molecular weight excluding hydrogens is 174 g/mol. The fourth-order valence-corrected chi connectivity index (χ4v) is 2.29. The van der Waals surface area contributed by atoms with Gasteiger partial charge in [-0.05, 0) is 24.5 Å². The summed E-state index contributed by atoms with van der Waals surface area (Å²) in [6, 6.07) is -0.685. The highest BCUT2D eigenvalue weighted by molar-refractivity contribution is 7.99. The van der Waals surface area contributed by atoms with Gasteiger partial charge in [-0.15, -0.1) is 0 Å². The molecule has 1 fully saturated rings. The highest BCUT2D eigenvalue weighted by Crippen LogP contribution is 2.29. The van der Waals surface area contributed by atoms with Crippen molar-refractivity contribution in [3.8, 4) is 0 Å². The van der Waals surface area contributed by atoms with Crippen LogP contribution in [-0.2, 0) is 4.79 Å². The predicted octanol–water partition coefficient (Wildman–Crippen LogP) is 0.932. The van der Waals surface area contributed by atoms with E-state index in [1.807, 2.05) is 0 Å². The Morgan fingerprint density at radius 2 is 2.33 bits per heavy atom. The Bertz CT molecular complexity index is 159. The van der Waals surface area contributed by atoms with E-state index >= 15 is 0 Å². The summed E-state index contributed by atoms with van der Waals surface area (Å²) in [5.74, 6) is 1.57. The summed E-state index contributed by atoms with van der Waals surface area (Å²) in [6.45, 7) is 0. The Morgan fingerprint density at radius 3 is 2.75 bits per heavy atom. The van der Waals surface area contributed by atoms with Crippen LogP contribution in [0.2, 0.25) is 0 Å². The fourth-order valence-electron chi connectivity index (χ4n) is 1.09. The average Bonchev–Trinajstić information content (AvgIpc) is 1.93. The molecule has 12 heavy (non-hydrogen) atoms. The van der Waals surface area contributed by atoms with Gasteiger partial charge in [-0.1, -0.05) is 6.42 Å². The second-order valence-corrected chi connectivity index (χ2v) is 4.35. The second kappa shape index (κ2) is 4.72. The van der Waals surface area contributed by atoms with E-state index in [0.717, 1.165) is 11.7 Å². The van der Waals surface area contributed by atoms with Crippen molar-refractivity contribution in [1.29, 1.82) is 0 Å². The normalized spacial score (nSPS) is 20.1. The van der Waals surface area contributed by atoms with Crippen LogP contribution in [0.25, 0.3) is 0 Å². The molecule has 0 spiro atoms. The molecule has 0 bridgehead atoms. The zero-order chi connectivity index (χ0) is 8.97. The van der Waals surface area contributed by atoms with Gasteiger partial charge in [-0.25, -0.2) is 0 Å². The zero-order valence-corrected chi connectivity index (χ0v) is 7.85. The molecule has 0 radical (unpaired) electrons. The summed E-state index contributed by atoms with van der Waals surface area (Å²) in [7, 11) is 0. The highest BCUT2D eigenvalue weighted by atomic mass is 32.2. The molecule has 3 N–H and O–H groups in total. The van der Waals surface area contributed by atoms with E-state index < -0.39 is 12.0 Å². The predicted molar refractivity (Wildman–Crippen MR) is 50.3 cm³/mol. The lowest BCUT2D eigenvalue weighted by molar-refractivity contribution is -0.137. The molecule has 70 valence electrons. The van der Waals surface area contributed by atoms with E-state index in [2.05, 4.69) is 0 Å².